The summed E-state index contributed by atoms with van der Waals surface area (Å²) >= 11 is 0. The zero-order chi connectivity index (χ0) is 9.80. The lowest BCUT2D eigenvalue weighted by molar-refractivity contribution is -0.143. The minimum absolute atomic E-state index is 0.375. The number of hydrogen-bond donors (Lipinski definition) is 1. The SMILES string of the molecule is NCC1CCN(CC2CCOCO2)C1. The van der Waals surface area contributed by atoms with Gasteiger partial charge in [-0.1, -0.05) is 0 Å². The van der Waals surface area contributed by atoms with Gasteiger partial charge >= 0.3 is 0 Å². The normalized spacial score (nSPS) is 34.9. The van der Waals surface area contributed by atoms with Crippen molar-refractivity contribution in [1.82, 2.24) is 4.90 Å². The third-order valence-electron chi connectivity index (χ3n) is 3.14. The molecule has 2 rings (SSSR count). The van der Waals surface area contributed by atoms with E-state index >= 15 is 0 Å². The quantitative estimate of drug-likeness (QED) is 0.698. The van der Waals surface area contributed by atoms with Crippen LogP contribution in [-0.4, -0.2) is 50.6 Å². The Balaban J connectivity index is 1.69. The second kappa shape index (κ2) is 5.07. The van der Waals surface area contributed by atoms with Crippen molar-refractivity contribution in [2.75, 3.05) is 39.6 Å². The molecule has 0 aromatic heterocycles. The van der Waals surface area contributed by atoms with Crippen LogP contribution in [-0.2, 0) is 9.47 Å². The first-order chi connectivity index (χ1) is 6.88. The van der Waals surface area contributed by atoms with Crippen LogP contribution in [0.3, 0.4) is 0 Å². The molecule has 0 aromatic carbocycles. The maximum atomic E-state index is 5.65. The Labute approximate surface area is 85.3 Å². The molecule has 82 valence electrons. The number of likely N-dealkylation sites (tertiary alicyclic amines) is 1. The number of ether oxygens (including phenoxy) is 2. The zero-order valence-corrected chi connectivity index (χ0v) is 8.65. The molecule has 0 aromatic rings. The number of nitrogens with two attached hydrogens (primary N) is 1. The summed E-state index contributed by atoms with van der Waals surface area (Å²) in [5.74, 6) is 0.704. The number of hydrogen-bond acceptors (Lipinski definition) is 4. The third-order valence-corrected chi connectivity index (χ3v) is 3.14. The van der Waals surface area contributed by atoms with Crippen molar-refractivity contribution < 1.29 is 9.47 Å². The molecular weight excluding hydrogens is 180 g/mol. The highest BCUT2D eigenvalue weighted by Crippen LogP contribution is 2.17. The van der Waals surface area contributed by atoms with E-state index in [0.717, 1.165) is 32.7 Å². The molecule has 0 spiro atoms. The average molecular weight is 200 g/mol. The molecule has 4 nitrogen and oxygen atoms in total. The van der Waals surface area contributed by atoms with Gasteiger partial charge in [-0.2, -0.15) is 0 Å². The molecule has 0 amide bonds. The van der Waals surface area contributed by atoms with Gasteiger partial charge < -0.3 is 20.1 Å². The Hall–Kier alpha value is -0.160. The smallest absolute Gasteiger partial charge is 0.147 e. The summed E-state index contributed by atoms with van der Waals surface area (Å²) in [7, 11) is 0. The molecule has 0 bridgehead atoms. The molecule has 2 saturated heterocycles. The lowest BCUT2D eigenvalue weighted by atomic mass is 10.1. The van der Waals surface area contributed by atoms with Gasteiger partial charge in [0, 0.05) is 13.1 Å². The fraction of sp³-hybridized carbons (Fsp3) is 1.00. The topological polar surface area (TPSA) is 47.7 Å². The summed E-state index contributed by atoms with van der Waals surface area (Å²) in [4.78, 5) is 2.47. The summed E-state index contributed by atoms with van der Waals surface area (Å²) in [6.45, 7) is 5.53. The lowest BCUT2D eigenvalue weighted by Gasteiger charge is -2.27. The van der Waals surface area contributed by atoms with E-state index < -0.39 is 0 Å². The van der Waals surface area contributed by atoms with E-state index in [2.05, 4.69) is 4.90 Å². The van der Waals surface area contributed by atoms with Crippen LogP contribution >= 0.6 is 0 Å². The monoisotopic (exact) mass is 200 g/mol. The predicted molar refractivity (Wildman–Crippen MR) is 53.9 cm³/mol. The van der Waals surface area contributed by atoms with Crippen LogP contribution in [0.15, 0.2) is 0 Å². The summed E-state index contributed by atoms with van der Waals surface area (Å²) in [6.07, 6.45) is 2.66. The van der Waals surface area contributed by atoms with Gasteiger partial charge in [-0.15, -0.1) is 0 Å². The molecule has 2 unspecified atom stereocenters. The van der Waals surface area contributed by atoms with Gasteiger partial charge in [-0.3, -0.25) is 0 Å². The van der Waals surface area contributed by atoms with Gasteiger partial charge in [0.15, 0.2) is 0 Å². The summed E-state index contributed by atoms with van der Waals surface area (Å²) in [6, 6.07) is 0. The van der Waals surface area contributed by atoms with Gasteiger partial charge in [-0.05, 0) is 31.8 Å². The van der Waals surface area contributed by atoms with Crippen molar-refractivity contribution in [1.29, 1.82) is 0 Å². The van der Waals surface area contributed by atoms with Crippen LogP contribution in [0.2, 0.25) is 0 Å². The van der Waals surface area contributed by atoms with Crippen LogP contribution in [0.5, 0.6) is 0 Å². The van der Waals surface area contributed by atoms with Crippen LogP contribution in [0.4, 0.5) is 0 Å². The minimum atomic E-state index is 0.375. The minimum Gasteiger partial charge on any atom is -0.355 e. The van der Waals surface area contributed by atoms with E-state index in [9.17, 15) is 0 Å². The molecule has 2 atom stereocenters. The van der Waals surface area contributed by atoms with Crippen molar-refractivity contribution in [2.24, 2.45) is 11.7 Å². The van der Waals surface area contributed by atoms with Crippen molar-refractivity contribution in [3.05, 3.63) is 0 Å². The highest BCUT2D eigenvalue weighted by atomic mass is 16.7. The molecule has 2 fully saturated rings. The molecule has 2 aliphatic heterocycles. The Kier molecular flexibility index (Phi) is 3.75. The van der Waals surface area contributed by atoms with Crippen molar-refractivity contribution in [3.8, 4) is 0 Å². The lowest BCUT2D eigenvalue weighted by Crippen LogP contribution is -2.36. The average Bonchev–Trinajstić information content (AvgIpc) is 2.67. The van der Waals surface area contributed by atoms with Gasteiger partial charge in [0.2, 0.25) is 0 Å². The van der Waals surface area contributed by atoms with Crippen molar-refractivity contribution >= 4 is 0 Å². The molecule has 14 heavy (non-hydrogen) atoms. The van der Waals surface area contributed by atoms with E-state index in [1.807, 2.05) is 0 Å². The van der Waals surface area contributed by atoms with E-state index in [-0.39, 0.29) is 0 Å². The largest absolute Gasteiger partial charge is 0.355 e. The van der Waals surface area contributed by atoms with E-state index in [1.54, 1.807) is 0 Å². The predicted octanol–water partition coefficient (Wildman–Crippen LogP) is 0.0300. The number of nitrogens with zero attached hydrogens (tertiary/aromatic N) is 1. The van der Waals surface area contributed by atoms with Gasteiger partial charge in [0.1, 0.15) is 6.79 Å². The molecule has 4 heteroatoms. The molecule has 0 saturated carbocycles. The Morgan fingerprint density at radius 3 is 2.93 bits per heavy atom. The molecule has 2 aliphatic rings. The molecular formula is C10H20N2O2. The standard InChI is InChI=1S/C10H20N2O2/c11-5-9-1-3-12(6-9)7-10-2-4-13-8-14-10/h9-10H,1-8,11H2. The highest BCUT2D eigenvalue weighted by molar-refractivity contribution is 4.78. The van der Waals surface area contributed by atoms with Crippen LogP contribution in [0, 0.1) is 5.92 Å². The maximum absolute atomic E-state index is 5.65. The van der Waals surface area contributed by atoms with E-state index in [0.29, 0.717) is 18.8 Å². The van der Waals surface area contributed by atoms with Gasteiger partial charge in [-0.25, -0.2) is 0 Å². The highest BCUT2D eigenvalue weighted by Gasteiger charge is 2.24. The molecule has 0 radical (unpaired) electrons. The first-order valence-corrected chi connectivity index (χ1v) is 5.50. The summed E-state index contributed by atoms with van der Waals surface area (Å²) < 4.78 is 10.7. The summed E-state index contributed by atoms with van der Waals surface area (Å²) in [5.41, 5.74) is 5.65. The number of rotatable bonds is 3. The van der Waals surface area contributed by atoms with Crippen LogP contribution < -0.4 is 5.73 Å². The fourth-order valence-corrected chi connectivity index (χ4v) is 2.20. The second-order valence-electron chi connectivity index (χ2n) is 4.25. The van der Waals surface area contributed by atoms with Gasteiger partial charge in [0.25, 0.3) is 0 Å². The molecule has 2 heterocycles. The van der Waals surface area contributed by atoms with E-state index in [4.69, 9.17) is 15.2 Å². The Morgan fingerprint density at radius 1 is 1.36 bits per heavy atom. The first-order valence-electron chi connectivity index (χ1n) is 5.50. The van der Waals surface area contributed by atoms with Crippen LogP contribution in [0.1, 0.15) is 12.8 Å². The van der Waals surface area contributed by atoms with Crippen molar-refractivity contribution in [3.63, 3.8) is 0 Å². The van der Waals surface area contributed by atoms with Crippen molar-refractivity contribution in [2.45, 2.75) is 18.9 Å². The molecule has 2 N–H and O–H groups in total. The van der Waals surface area contributed by atoms with Gasteiger partial charge in [0.05, 0.1) is 12.7 Å². The Morgan fingerprint density at radius 2 is 2.29 bits per heavy atom. The second-order valence-corrected chi connectivity index (χ2v) is 4.25. The summed E-state index contributed by atoms with van der Waals surface area (Å²) in [5, 5.41) is 0. The fourth-order valence-electron chi connectivity index (χ4n) is 2.20. The Bertz CT molecular complexity index is 172. The maximum Gasteiger partial charge on any atom is 0.147 e. The van der Waals surface area contributed by atoms with Crippen LogP contribution in [0.25, 0.3) is 0 Å². The van der Waals surface area contributed by atoms with E-state index in [1.165, 1.54) is 13.0 Å². The first kappa shape index (κ1) is 10.4. The molecule has 0 aliphatic carbocycles. The zero-order valence-electron chi connectivity index (χ0n) is 8.65. The third kappa shape index (κ3) is 2.67.